The lowest BCUT2D eigenvalue weighted by atomic mass is 9.74. The van der Waals surface area contributed by atoms with Gasteiger partial charge in [0.25, 0.3) is 0 Å². The second-order valence-electron chi connectivity index (χ2n) is 7.74. The summed E-state index contributed by atoms with van der Waals surface area (Å²) in [5, 5.41) is 18.0. The van der Waals surface area contributed by atoms with Gasteiger partial charge in [0.05, 0.1) is 5.92 Å². The van der Waals surface area contributed by atoms with Gasteiger partial charge in [-0.05, 0) is 37.0 Å². The summed E-state index contributed by atoms with van der Waals surface area (Å²) < 4.78 is 0. The highest BCUT2D eigenvalue weighted by Crippen LogP contribution is 2.35. The maximum Gasteiger partial charge on any atom is 0.306 e. The first-order valence-corrected chi connectivity index (χ1v) is 9.14. The largest absolute Gasteiger partial charge is 0.481 e. The Morgan fingerprint density at radius 2 is 1.61 bits per heavy atom. The SMILES string of the molecule is CCCCC(C(=O)O)C(C)CC(C)(C)CCCCCCC(=O)O. The van der Waals surface area contributed by atoms with Crippen LogP contribution in [0, 0.1) is 17.3 Å². The lowest BCUT2D eigenvalue weighted by molar-refractivity contribution is -0.144. The number of aliphatic carboxylic acids is 2. The van der Waals surface area contributed by atoms with Crippen LogP contribution >= 0.6 is 0 Å². The van der Waals surface area contributed by atoms with Crippen molar-refractivity contribution >= 4 is 11.9 Å². The van der Waals surface area contributed by atoms with E-state index in [4.69, 9.17) is 5.11 Å². The monoisotopic (exact) mass is 328 g/mol. The minimum absolute atomic E-state index is 0.145. The van der Waals surface area contributed by atoms with Gasteiger partial charge in [0.15, 0.2) is 0 Å². The number of unbranched alkanes of at least 4 members (excludes halogenated alkanes) is 4. The highest BCUT2D eigenvalue weighted by molar-refractivity contribution is 5.70. The summed E-state index contributed by atoms with van der Waals surface area (Å²) in [7, 11) is 0. The Kier molecular flexibility index (Phi) is 10.9. The van der Waals surface area contributed by atoms with Gasteiger partial charge >= 0.3 is 11.9 Å². The molecule has 0 heterocycles. The molecular formula is C19H36O4. The Balaban J connectivity index is 4.16. The third-order valence-electron chi connectivity index (χ3n) is 4.74. The zero-order chi connectivity index (χ0) is 17.9. The van der Waals surface area contributed by atoms with Crippen LogP contribution in [0.15, 0.2) is 0 Å². The van der Waals surface area contributed by atoms with Gasteiger partial charge in [-0.25, -0.2) is 0 Å². The molecule has 0 spiro atoms. The van der Waals surface area contributed by atoms with E-state index in [0.29, 0.717) is 0 Å². The molecule has 4 nitrogen and oxygen atoms in total. The molecule has 0 aromatic rings. The van der Waals surface area contributed by atoms with E-state index >= 15 is 0 Å². The molecular weight excluding hydrogens is 292 g/mol. The van der Waals surface area contributed by atoms with Gasteiger partial charge in [0.2, 0.25) is 0 Å². The van der Waals surface area contributed by atoms with Crippen molar-refractivity contribution in [1.29, 1.82) is 0 Å². The van der Waals surface area contributed by atoms with Crippen molar-refractivity contribution in [1.82, 2.24) is 0 Å². The molecule has 0 radical (unpaired) electrons. The third kappa shape index (κ3) is 11.2. The molecule has 0 fully saturated rings. The molecule has 23 heavy (non-hydrogen) atoms. The van der Waals surface area contributed by atoms with E-state index in [2.05, 4.69) is 27.7 Å². The van der Waals surface area contributed by atoms with Crippen LogP contribution in [0.25, 0.3) is 0 Å². The molecule has 0 amide bonds. The zero-order valence-corrected chi connectivity index (χ0v) is 15.4. The van der Waals surface area contributed by atoms with E-state index in [-0.39, 0.29) is 23.7 Å². The Labute approximate surface area is 141 Å². The van der Waals surface area contributed by atoms with Gasteiger partial charge in [-0.15, -0.1) is 0 Å². The summed E-state index contributed by atoms with van der Waals surface area (Å²) >= 11 is 0. The normalized spacial score (nSPS) is 14.4. The number of hydrogen-bond acceptors (Lipinski definition) is 2. The lowest BCUT2D eigenvalue weighted by Crippen LogP contribution is -2.26. The van der Waals surface area contributed by atoms with Crippen molar-refractivity contribution in [2.75, 3.05) is 0 Å². The molecule has 2 unspecified atom stereocenters. The Hall–Kier alpha value is -1.06. The van der Waals surface area contributed by atoms with Crippen LogP contribution in [0.2, 0.25) is 0 Å². The first-order valence-electron chi connectivity index (χ1n) is 9.14. The van der Waals surface area contributed by atoms with Crippen molar-refractivity contribution in [2.24, 2.45) is 17.3 Å². The van der Waals surface area contributed by atoms with E-state index < -0.39 is 11.9 Å². The van der Waals surface area contributed by atoms with E-state index in [9.17, 15) is 14.7 Å². The van der Waals surface area contributed by atoms with Crippen LogP contribution in [-0.4, -0.2) is 22.2 Å². The van der Waals surface area contributed by atoms with Crippen molar-refractivity contribution < 1.29 is 19.8 Å². The minimum Gasteiger partial charge on any atom is -0.481 e. The van der Waals surface area contributed by atoms with Crippen molar-refractivity contribution in [3.05, 3.63) is 0 Å². The first kappa shape index (κ1) is 21.9. The molecule has 0 aliphatic heterocycles. The number of hydrogen-bond donors (Lipinski definition) is 2. The molecule has 136 valence electrons. The molecule has 0 aliphatic rings. The van der Waals surface area contributed by atoms with Gasteiger partial charge in [-0.3, -0.25) is 9.59 Å². The van der Waals surface area contributed by atoms with Crippen LogP contribution in [0.3, 0.4) is 0 Å². The fraction of sp³-hybridized carbons (Fsp3) is 0.895. The van der Waals surface area contributed by atoms with Crippen LogP contribution in [-0.2, 0) is 9.59 Å². The van der Waals surface area contributed by atoms with Crippen molar-refractivity contribution in [2.45, 2.75) is 91.9 Å². The summed E-state index contributed by atoms with van der Waals surface area (Å²) in [5.74, 6) is -1.41. The van der Waals surface area contributed by atoms with Crippen molar-refractivity contribution in [3.8, 4) is 0 Å². The maximum atomic E-state index is 11.5. The molecule has 0 rings (SSSR count). The number of carboxylic acids is 2. The molecule has 4 heteroatoms. The van der Waals surface area contributed by atoms with Gasteiger partial charge in [-0.2, -0.15) is 0 Å². The van der Waals surface area contributed by atoms with E-state index in [1.807, 2.05) is 0 Å². The Morgan fingerprint density at radius 3 is 2.13 bits per heavy atom. The second kappa shape index (κ2) is 11.5. The van der Waals surface area contributed by atoms with E-state index in [0.717, 1.165) is 57.8 Å². The highest BCUT2D eigenvalue weighted by atomic mass is 16.4. The number of rotatable bonds is 14. The molecule has 2 N–H and O–H groups in total. The van der Waals surface area contributed by atoms with Gasteiger partial charge < -0.3 is 10.2 Å². The average molecular weight is 328 g/mol. The summed E-state index contributed by atoms with van der Waals surface area (Å²) in [6.45, 7) is 8.61. The standard InChI is InChI=1S/C19H36O4/c1-5-6-11-16(18(22)23)15(2)14-19(3,4)13-10-8-7-9-12-17(20)21/h15-16H,5-14H2,1-4H3,(H,20,21)(H,22,23). The summed E-state index contributed by atoms with van der Waals surface area (Å²) in [4.78, 5) is 21.9. The van der Waals surface area contributed by atoms with Crippen LogP contribution < -0.4 is 0 Å². The highest BCUT2D eigenvalue weighted by Gasteiger charge is 2.29. The smallest absolute Gasteiger partial charge is 0.306 e. The first-order chi connectivity index (χ1) is 10.7. The van der Waals surface area contributed by atoms with E-state index in [1.54, 1.807) is 0 Å². The Morgan fingerprint density at radius 1 is 1.00 bits per heavy atom. The lowest BCUT2D eigenvalue weighted by Gasteiger charge is -2.31. The molecule has 0 aromatic carbocycles. The molecule has 0 saturated carbocycles. The summed E-state index contributed by atoms with van der Waals surface area (Å²) in [6.07, 6.45) is 8.93. The molecule has 0 saturated heterocycles. The maximum absolute atomic E-state index is 11.5. The number of carbonyl (C=O) groups is 2. The fourth-order valence-corrected chi connectivity index (χ4v) is 3.42. The Bertz CT molecular complexity index is 349. The zero-order valence-electron chi connectivity index (χ0n) is 15.4. The molecule has 0 aliphatic carbocycles. The summed E-state index contributed by atoms with van der Waals surface area (Å²) in [5.41, 5.74) is 0.145. The van der Waals surface area contributed by atoms with Crippen LogP contribution in [0.1, 0.15) is 91.9 Å². The molecule has 0 bridgehead atoms. The quantitative estimate of drug-likeness (QED) is 0.421. The molecule has 2 atom stereocenters. The molecule has 0 aromatic heterocycles. The average Bonchev–Trinajstić information content (AvgIpc) is 2.41. The predicted molar refractivity (Wildman–Crippen MR) is 93.6 cm³/mol. The van der Waals surface area contributed by atoms with Gasteiger partial charge in [-0.1, -0.05) is 59.8 Å². The van der Waals surface area contributed by atoms with Crippen LogP contribution in [0.5, 0.6) is 0 Å². The predicted octanol–water partition coefficient (Wildman–Crippen LogP) is 5.36. The second-order valence-corrected chi connectivity index (χ2v) is 7.74. The minimum atomic E-state index is -0.717. The third-order valence-corrected chi connectivity index (χ3v) is 4.74. The fourth-order valence-electron chi connectivity index (χ4n) is 3.42. The van der Waals surface area contributed by atoms with Gasteiger partial charge in [0, 0.05) is 6.42 Å². The van der Waals surface area contributed by atoms with Gasteiger partial charge in [0.1, 0.15) is 0 Å². The number of carboxylic acid groups (broad SMARTS) is 2. The van der Waals surface area contributed by atoms with Crippen molar-refractivity contribution in [3.63, 3.8) is 0 Å². The summed E-state index contributed by atoms with van der Waals surface area (Å²) in [6, 6.07) is 0. The topological polar surface area (TPSA) is 74.6 Å². The van der Waals surface area contributed by atoms with E-state index in [1.165, 1.54) is 0 Å². The van der Waals surface area contributed by atoms with Crippen LogP contribution in [0.4, 0.5) is 0 Å².